The first-order valence-electron chi connectivity index (χ1n) is 4.35. The van der Waals surface area contributed by atoms with Gasteiger partial charge in [-0.3, -0.25) is 0 Å². The standard InChI is InChI=1S/C8H18NO2S/c1-4-7-9(6-3)12(10,11)8-5-2/h3-8H2,1-2H3. The van der Waals surface area contributed by atoms with Crippen LogP contribution in [0, 0.1) is 6.92 Å². The van der Waals surface area contributed by atoms with Gasteiger partial charge in [0.25, 0.3) is 0 Å². The van der Waals surface area contributed by atoms with Crippen molar-refractivity contribution in [1.82, 2.24) is 4.31 Å². The summed E-state index contributed by atoms with van der Waals surface area (Å²) in [6, 6.07) is 0. The normalized spacial score (nSPS) is 12.3. The van der Waals surface area contributed by atoms with Gasteiger partial charge in [-0.2, -0.15) is 0 Å². The molecule has 0 saturated carbocycles. The Kier molecular flexibility index (Phi) is 5.50. The number of hydrogen-bond donors (Lipinski definition) is 0. The molecule has 4 heteroatoms. The second-order valence-corrected chi connectivity index (χ2v) is 4.80. The van der Waals surface area contributed by atoms with Crippen molar-refractivity contribution in [2.45, 2.75) is 26.7 Å². The van der Waals surface area contributed by atoms with Crippen molar-refractivity contribution in [3.05, 3.63) is 6.92 Å². The Labute approximate surface area is 75.8 Å². The monoisotopic (exact) mass is 192 g/mol. The summed E-state index contributed by atoms with van der Waals surface area (Å²) < 4.78 is 24.3. The summed E-state index contributed by atoms with van der Waals surface area (Å²) in [5, 5.41) is 0. The Morgan fingerprint density at radius 3 is 2.17 bits per heavy atom. The van der Waals surface area contributed by atoms with E-state index in [1.54, 1.807) is 0 Å². The van der Waals surface area contributed by atoms with Crippen molar-refractivity contribution in [3.63, 3.8) is 0 Å². The predicted octanol–water partition coefficient (Wildman–Crippen LogP) is 1.27. The second kappa shape index (κ2) is 5.54. The maximum atomic E-state index is 11.4. The van der Waals surface area contributed by atoms with E-state index in [4.69, 9.17) is 0 Å². The van der Waals surface area contributed by atoms with Crippen LogP contribution in [0.4, 0.5) is 0 Å². The van der Waals surface area contributed by atoms with Gasteiger partial charge in [-0.15, -0.1) is 0 Å². The zero-order chi connectivity index (χ0) is 9.61. The van der Waals surface area contributed by atoms with Gasteiger partial charge in [0.2, 0.25) is 10.0 Å². The average Bonchev–Trinajstić information content (AvgIpc) is 1.99. The molecule has 0 bridgehead atoms. The highest BCUT2D eigenvalue weighted by Crippen LogP contribution is 2.03. The molecule has 0 aliphatic rings. The minimum absolute atomic E-state index is 0.239. The zero-order valence-electron chi connectivity index (χ0n) is 7.91. The fraction of sp³-hybridized carbons (Fsp3) is 0.875. The van der Waals surface area contributed by atoms with Crippen LogP contribution in [-0.2, 0) is 10.0 Å². The molecule has 0 aromatic heterocycles. The zero-order valence-corrected chi connectivity index (χ0v) is 8.73. The van der Waals surface area contributed by atoms with Crippen LogP contribution in [0.3, 0.4) is 0 Å². The van der Waals surface area contributed by atoms with Crippen molar-refractivity contribution < 1.29 is 8.42 Å². The van der Waals surface area contributed by atoms with Crippen molar-refractivity contribution in [3.8, 4) is 0 Å². The molecule has 0 aromatic carbocycles. The van der Waals surface area contributed by atoms with Gasteiger partial charge >= 0.3 is 0 Å². The average molecular weight is 192 g/mol. The maximum Gasteiger partial charge on any atom is 0.214 e. The Morgan fingerprint density at radius 1 is 1.25 bits per heavy atom. The summed E-state index contributed by atoms with van der Waals surface area (Å²) in [4.78, 5) is 0. The lowest BCUT2D eigenvalue weighted by Crippen LogP contribution is -2.33. The van der Waals surface area contributed by atoms with Crippen LogP contribution in [0.25, 0.3) is 0 Å². The fourth-order valence-corrected chi connectivity index (χ4v) is 2.54. The largest absolute Gasteiger partial charge is 0.214 e. The molecule has 0 rings (SSSR count). The number of nitrogens with zero attached hydrogens (tertiary/aromatic N) is 1. The van der Waals surface area contributed by atoms with E-state index in [0.29, 0.717) is 19.5 Å². The topological polar surface area (TPSA) is 37.4 Å². The van der Waals surface area contributed by atoms with Gasteiger partial charge in [0.15, 0.2) is 0 Å². The molecule has 0 unspecified atom stereocenters. The molecule has 0 heterocycles. The van der Waals surface area contributed by atoms with Gasteiger partial charge in [0.1, 0.15) is 0 Å². The molecule has 1 radical (unpaired) electrons. The summed E-state index contributed by atoms with van der Waals surface area (Å²) in [6.45, 7) is 8.36. The summed E-state index contributed by atoms with van der Waals surface area (Å²) >= 11 is 0. The van der Waals surface area contributed by atoms with E-state index < -0.39 is 10.0 Å². The van der Waals surface area contributed by atoms with Gasteiger partial charge in [0, 0.05) is 13.1 Å². The molecule has 0 fully saturated rings. The molecular formula is C8H18NO2S. The lowest BCUT2D eigenvalue weighted by atomic mass is 10.5. The number of sulfonamides is 1. The fourth-order valence-electron chi connectivity index (χ4n) is 1.03. The minimum atomic E-state index is -3.01. The molecule has 12 heavy (non-hydrogen) atoms. The summed E-state index contributed by atoms with van der Waals surface area (Å²) in [6.07, 6.45) is 1.51. The quantitative estimate of drug-likeness (QED) is 0.635. The Balaban J connectivity index is 4.27. The van der Waals surface area contributed by atoms with E-state index in [1.807, 2.05) is 13.8 Å². The van der Waals surface area contributed by atoms with Crippen LogP contribution in [0.5, 0.6) is 0 Å². The summed E-state index contributed by atoms with van der Waals surface area (Å²) in [5.74, 6) is 0.239. The van der Waals surface area contributed by atoms with Crippen molar-refractivity contribution in [2.75, 3.05) is 18.8 Å². The smallest absolute Gasteiger partial charge is 0.212 e. The highest BCUT2D eigenvalue weighted by molar-refractivity contribution is 7.89. The molecule has 0 atom stereocenters. The number of rotatable bonds is 6. The minimum Gasteiger partial charge on any atom is -0.212 e. The van der Waals surface area contributed by atoms with Gasteiger partial charge in [-0.1, -0.05) is 13.8 Å². The van der Waals surface area contributed by atoms with E-state index in [9.17, 15) is 8.42 Å². The van der Waals surface area contributed by atoms with E-state index in [1.165, 1.54) is 4.31 Å². The van der Waals surface area contributed by atoms with Crippen molar-refractivity contribution >= 4 is 10.0 Å². The first-order chi connectivity index (χ1) is 5.58. The molecule has 0 spiro atoms. The van der Waals surface area contributed by atoms with Gasteiger partial charge in [-0.05, 0) is 19.8 Å². The third-order valence-corrected chi connectivity index (χ3v) is 3.65. The van der Waals surface area contributed by atoms with Gasteiger partial charge < -0.3 is 0 Å². The maximum absolute atomic E-state index is 11.4. The lowest BCUT2D eigenvalue weighted by Gasteiger charge is -2.18. The van der Waals surface area contributed by atoms with Crippen molar-refractivity contribution in [1.29, 1.82) is 0 Å². The van der Waals surface area contributed by atoms with Gasteiger partial charge in [0.05, 0.1) is 5.75 Å². The second-order valence-electron chi connectivity index (χ2n) is 2.72. The predicted molar refractivity (Wildman–Crippen MR) is 51.3 cm³/mol. The molecule has 0 aromatic rings. The van der Waals surface area contributed by atoms with E-state index in [2.05, 4.69) is 6.92 Å². The highest BCUT2D eigenvalue weighted by atomic mass is 32.2. The molecular weight excluding hydrogens is 174 g/mol. The molecule has 0 saturated heterocycles. The van der Waals surface area contributed by atoms with Crippen LogP contribution in [-0.4, -0.2) is 31.6 Å². The molecule has 73 valence electrons. The Hall–Kier alpha value is -0.0900. The third kappa shape index (κ3) is 3.54. The Morgan fingerprint density at radius 2 is 1.83 bits per heavy atom. The van der Waals surface area contributed by atoms with E-state index in [-0.39, 0.29) is 5.75 Å². The summed E-state index contributed by atoms with van der Waals surface area (Å²) in [7, 11) is -3.01. The van der Waals surface area contributed by atoms with Crippen LogP contribution in [0.1, 0.15) is 26.7 Å². The third-order valence-electron chi connectivity index (χ3n) is 1.58. The molecule has 0 aliphatic heterocycles. The van der Waals surface area contributed by atoms with Crippen LogP contribution in [0.2, 0.25) is 0 Å². The van der Waals surface area contributed by atoms with Crippen molar-refractivity contribution in [2.24, 2.45) is 0 Å². The molecule has 0 N–H and O–H groups in total. The first kappa shape index (κ1) is 11.9. The SMILES string of the molecule is [CH2]CN(CCC)S(=O)(=O)CCC. The summed E-state index contributed by atoms with van der Waals surface area (Å²) in [5.41, 5.74) is 0. The highest BCUT2D eigenvalue weighted by Gasteiger charge is 2.17. The van der Waals surface area contributed by atoms with Gasteiger partial charge in [-0.25, -0.2) is 12.7 Å². The van der Waals surface area contributed by atoms with Crippen LogP contribution < -0.4 is 0 Å². The van der Waals surface area contributed by atoms with E-state index >= 15 is 0 Å². The van der Waals surface area contributed by atoms with Crippen LogP contribution >= 0.6 is 0 Å². The first-order valence-corrected chi connectivity index (χ1v) is 5.96. The van der Waals surface area contributed by atoms with E-state index in [0.717, 1.165) is 6.42 Å². The van der Waals surface area contributed by atoms with Crippen LogP contribution in [0.15, 0.2) is 0 Å². The molecule has 0 amide bonds. The molecule has 3 nitrogen and oxygen atoms in total. The molecule has 0 aliphatic carbocycles. The lowest BCUT2D eigenvalue weighted by molar-refractivity contribution is 0.440. The Bertz CT molecular complexity index is 199. The number of hydrogen-bond acceptors (Lipinski definition) is 2.